The minimum atomic E-state index is -0.457. The van der Waals surface area contributed by atoms with Crippen molar-refractivity contribution in [2.45, 2.75) is 18.9 Å². The number of carbonyl (C=O) groups excluding carboxylic acids is 2. The zero-order valence-electron chi connectivity index (χ0n) is 11.7. The molecule has 0 saturated carbocycles. The Morgan fingerprint density at radius 2 is 2.05 bits per heavy atom. The Morgan fingerprint density at radius 1 is 1.30 bits per heavy atom. The van der Waals surface area contributed by atoms with E-state index in [1.165, 1.54) is 0 Å². The quantitative estimate of drug-likeness (QED) is 0.774. The van der Waals surface area contributed by atoms with Crippen LogP contribution in [-0.2, 0) is 20.7 Å². The van der Waals surface area contributed by atoms with Gasteiger partial charge in [0.2, 0.25) is 11.8 Å². The standard InChI is InChI=1S/C15H20N2O3/c1-20-9-5-8-17-11-14(18)16-13(15(17)19)10-12-6-3-2-4-7-12/h2-4,6-7,13H,5,8-11H2,1H3,(H,16,18). The van der Waals surface area contributed by atoms with Crippen LogP contribution in [0.1, 0.15) is 12.0 Å². The summed E-state index contributed by atoms with van der Waals surface area (Å²) in [6.45, 7) is 1.30. The summed E-state index contributed by atoms with van der Waals surface area (Å²) in [7, 11) is 1.63. The lowest BCUT2D eigenvalue weighted by Gasteiger charge is -2.32. The maximum absolute atomic E-state index is 12.3. The van der Waals surface area contributed by atoms with Gasteiger partial charge in [-0.2, -0.15) is 0 Å². The van der Waals surface area contributed by atoms with Crippen molar-refractivity contribution in [2.75, 3.05) is 26.8 Å². The van der Waals surface area contributed by atoms with E-state index in [1.54, 1.807) is 12.0 Å². The molecule has 0 aliphatic carbocycles. The van der Waals surface area contributed by atoms with Gasteiger partial charge in [-0.1, -0.05) is 30.3 Å². The first kappa shape index (κ1) is 14.5. The minimum Gasteiger partial charge on any atom is -0.385 e. The average molecular weight is 276 g/mol. The molecule has 1 fully saturated rings. The molecule has 0 bridgehead atoms. The maximum Gasteiger partial charge on any atom is 0.245 e. The maximum atomic E-state index is 12.3. The average Bonchev–Trinajstić information content (AvgIpc) is 2.45. The lowest BCUT2D eigenvalue weighted by Crippen LogP contribution is -2.58. The Kier molecular flexibility index (Phi) is 5.12. The lowest BCUT2D eigenvalue weighted by atomic mass is 10.0. The molecule has 5 heteroatoms. The van der Waals surface area contributed by atoms with Gasteiger partial charge < -0.3 is 15.0 Å². The summed E-state index contributed by atoms with van der Waals surface area (Å²) in [4.78, 5) is 25.7. The minimum absolute atomic E-state index is 0.00967. The van der Waals surface area contributed by atoms with Crippen molar-refractivity contribution in [3.05, 3.63) is 35.9 Å². The molecular weight excluding hydrogens is 256 g/mol. The number of ether oxygens (including phenoxy) is 1. The van der Waals surface area contributed by atoms with Crippen LogP contribution in [0.4, 0.5) is 0 Å². The van der Waals surface area contributed by atoms with Crippen molar-refractivity contribution in [1.82, 2.24) is 10.2 Å². The number of nitrogens with zero attached hydrogens (tertiary/aromatic N) is 1. The Balaban J connectivity index is 1.97. The van der Waals surface area contributed by atoms with Crippen molar-refractivity contribution >= 4 is 11.8 Å². The van der Waals surface area contributed by atoms with Crippen molar-refractivity contribution in [3.8, 4) is 0 Å². The van der Waals surface area contributed by atoms with Crippen molar-refractivity contribution < 1.29 is 14.3 Å². The van der Waals surface area contributed by atoms with Gasteiger partial charge in [0.15, 0.2) is 0 Å². The number of amides is 2. The van der Waals surface area contributed by atoms with Gasteiger partial charge >= 0.3 is 0 Å². The topological polar surface area (TPSA) is 58.6 Å². The molecule has 0 radical (unpaired) electrons. The van der Waals surface area contributed by atoms with Gasteiger partial charge in [0.25, 0.3) is 0 Å². The van der Waals surface area contributed by atoms with E-state index in [1.807, 2.05) is 30.3 Å². The summed E-state index contributed by atoms with van der Waals surface area (Å²) >= 11 is 0. The molecule has 0 aromatic heterocycles. The van der Waals surface area contributed by atoms with E-state index in [2.05, 4.69) is 5.32 Å². The molecule has 1 aliphatic rings. The molecule has 20 heavy (non-hydrogen) atoms. The summed E-state index contributed by atoms with van der Waals surface area (Å²) in [5.74, 6) is -0.104. The van der Waals surface area contributed by atoms with Crippen LogP contribution < -0.4 is 5.32 Å². The second kappa shape index (κ2) is 7.05. The first-order chi connectivity index (χ1) is 9.70. The zero-order chi connectivity index (χ0) is 14.4. The molecule has 1 atom stereocenters. The number of hydrogen-bond donors (Lipinski definition) is 1. The second-order valence-electron chi connectivity index (χ2n) is 4.92. The molecule has 2 amide bonds. The highest BCUT2D eigenvalue weighted by Gasteiger charge is 2.32. The molecule has 1 unspecified atom stereocenters. The number of carbonyl (C=O) groups is 2. The van der Waals surface area contributed by atoms with Gasteiger partial charge in [0, 0.05) is 26.7 Å². The molecule has 1 heterocycles. The van der Waals surface area contributed by atoms with Crippen molar-refractivity contribution in [1.29, 1.82) is 0 Å². The Labute approximate surface area is 118 Å². The highest BCUT2D eigenvalue weighted by molar-refractivity contribution is 5.95. The molecule has 1 aromatic rings. The lowest BCUT2D eigenvalue weighted by molar-refractivity contribution is -0.144. The van der Waals surface area contributed by atoms with E-state index in [4.69, 9.17) is 4.74 Å². The van der Waals surface area contributed by atoms with Crippen LogP contribution in [0.2, 0.25) is 0 Å². The highest BCUT2D eigenvalue weighted by Crippen LogP contribution is 2.10. The molecule has 1 aliphatic heterocycles. The fourth-order valence-electron chi connectivity index (χ4n) is 2.35. The molecule has 5 nitrogen and oxygen atoms in total. The number of rotatable bonds is 6. The van der Waals surface area contributed by atoms with E-state index in [0.29, 0.717) is 19.6 Å². The predicted molar refractivity (Wildman–Crippen MR) is 75.1 cm³/mol. The third-order valence-corrected chi connectivity index (χ3v) is 3.34. The van der Waals surface area contributed by atoms with Crippen molar-refractivity contribution in [2.24, 2.45) is 0 Å². The van der Waals surface area contributed by atoms with E-state index in [9.17, 15) is 9.59 Å². The SMILES string of the molecule is COCCCN1CC(=O)NC(Cc2ccccc2)C1=O. The predicted octanol–water partition coefficient (Wildman–Crippen LogP) is 0.593. The molecule has 1 saturated heterocycles. The highest BCUT2D eigenvalue weighted by atomic mass is 16.5. The number of piperazine rings is 1. The van der Waals surface area contributed by atoms with E-state index in [-0.39, 0.29) is 18.4 Å². The number of nitrogens with one attached hydrogen (secondary N) is 1. The smallest absolute Gasteiger partial charge is 0.245 e. The van der Waals surface area contributed by atoms with Crippen LogP contribution in [0.25, 0.3) is 0 Å². The first-order valence-electron chi connectivity index (χ1n) is 6.81. The van der Waals surface area contributed by atoms with Crippen LogP contribution in [0.3, 0.4) is 0 Å². The molecular formula is C15H20N2O3. The Hall–Kier alpha value is -1.88. The normalized spacial score (nSPS) is 19.1. The van der Waals surface area contributed by atoms with Crippen LogP contribution >= 0.6 is 0 Å². The van der Waals surface area contributed by atoms with Gasteiger partial charge in [0.05, 0.1) is 6.54 Å². The monoisotopic (exact) mass is 276 g/mol. The van der Waals surface area contributed by atoms with Crippen LogP contribution in [-0.4, -0.2) is 49.6 Å². The second-order valence-corrected chi connectivity index (χ2v) is 4.92. The first-order valence-corrected chi connectivity index (χ1v) is 6.81. The van der Waals surface area contributed by atoms with Gasteiger partial charge in [0.1, 0.15) is 6.04 Å². The van der Waals surface area contributed by atoms with E-state index in [0.717, 1.165) is 12.0 Å². The summed E-state index contributed by atoms with van der Waals surface area (Å²) in [5.41, 5.74) is 1.05. The Morgan fingerprint density at radius 3 is 2.75 bits per heavy atom. The van der Waals surface area contributed by atoms with Crippen LogP contribution in [0.5, 0.6) is 0 Å². The zero-order valence-corrected chi connectivity index (χ0v) is 11.7. The molecule has 2 rings (SSSR count). The molecule has 1 N–H and O–H groups in total. The molecule has 1 aromatic carbocycles. The number of benzene rings is 1. The fourth-order valence-corrected chi connectivity index (χ4v) is 2.35. The van der Waals surface area contributed by atoms with Crippen molar-refractivity contribution in [3.63, 3.8) is 0 Å². The number of methoxy groups -OCH3 is 1. The summed E-state index contributed by atoms with van der Waals surface area (Å²) in [6.07, 6.45) is 1.28. The molecule has 108 valence electrons. The van der Waals surface area contributed by atoms with E-state index >= 15 is 0 Å². The summed E-state index contributed by atoms with van der Waals surface area (Å²) < 4.78 is 4.98. The summed E-state index contributed by atoms with van der Waals surface area (Å²) in [6, 6.07) is 9.26. The largest absolute Gasteiger partial charge is 0.385 e. The van der Waals surface area contributed by atoms with Gasteiger partial charge in [-0.3, -0.25) is 9.59 Å². The van der Waals surface area contributed by atoms with Gasteiger partial charge in [-0.05, 0) is 12.0 Å². The molecule has 0 spiro atoms. The Bertz CT molecular complexity index is 461. The van der Waals surface area contributed by atoms with Gasteiger partial charge in [-0.15, -0.1) is 0 Å². The van der Waals surface area contributed by atoms with E-state index < -0.39 is 6.04 Å². The summed E-state index contributed by atoms with van der Waals surface area (Å²) in [5, 5.41) is 2.77. The fraction of sp³-hybridized carbons (Fsp3) is 0.467. The number of hydrogen-bond acceptors (Lipinski definition) is 3. The van der Waals surface area contributed by atoms with Gasteiger partial charge in [-0.25, -0.2) is 0 Å². The van der Waals surface area contributed by atoms with Crippen LogP contribution in [0.15, 0.2) is 30.3 Å². The third-order valence-electron chi connectivity index (χ3n) is 3.34. The van der Waals surface area contributed by atoms with Crippen LogP contribution in [0, 0.1) is 0 Å². The third kappa shape index (κ3) is 3.81.